The fraction of sp³-hybridized carbons (Fsp3) is 0.909. The average molecular weight is 483 g/mol. The van der Waals surface area contributed by atoms with Gasteiger partial charge < -0.3 is 9.80 Å². The Kier molecular flexibility index (Phi) is 14.2. The number of hydrogen-bond acceptors (Lipinski definition) is 2. The van der Waals surface area contributed by atoms with Crippen molar-refractivity contribution >= 4 is 7.81 Å². The molecule has 1 aliphatic rings. The van der Waals surface area contributed by atoms with E-state index in [9.17, 15) is 25.2 Å². The topological polar surface area (TPSA) is 6.48 Å². The minimum atomic E-state index is -10.7. The van der Waals surface area contributed by atoms with Crippen molar-refractivity contribution in [2.75, 3.05) is 20.3 Å². The second-order valence-electron chi connectivity index (χ2n) is 8.77. The van der Waals surface area contributed by atoms with Crippen LogP contribution >= 0.6 is 7.81 Å². The molecule has 0 saturated heterocycles. The van der Waals surface area contributed by atoms with Crippen LogP contribution in [0, 0.1) is 0 Å². The van der Waals surface area contributed by atoms with Crippen molar-refractivity contribution in [3.8, 4) is 0 Å². The van der Waals surface area contributed by atoms with E-state index >= 15 is 0 Å². The first-order valence-corrected chi connectivity index (χ1v) is 14.0. The van der Waals surface area contributed by atoms with Crippen molar-refractivity contribution in [2.24, 2.45) is 0 Å². The normalized spacial score (nSPS) is 16.1. The maximum atomic E-state index is 9.87. The van der Waals surface area contributed by atoms with Crippen LogP contribution in [0.4, 0.5) is 25.2 Å². The van der Waals surface area contributed by atoms with E-state index in [1.165, 1.54) is 109 Å². The smallest absolute Gasteiger partial charge is 1.00 e. The molecule has 0 saturated carbocycles. The number of hydrogen-bond donors (Lipinski definition) is 0. The van der Waals surface area contributed by atoms with Crippen LogP contribution in [0.3, 0.4) is 0 Å². The summed E-state index contributed by atoms with van der Waals surface area (Å²) in [5.74, 6) is 0. The molecule has 0 aromatic carbocycles. The Morgan fingerprint density at radius 1 is 0.613 bits per heavy atom. The Hall–Kier alpha value is -0.650. The fourth-order valence-electron chi connectivity index (χ4n) is 3.60. The van der Waals surface area contributed by atoms with Gasteiger partial charge in [0.2, 0.25) is 0 Å². The van der Waals surface area contributed by atoms with Gasteiger partial charge in [0, 0.05) is 26.0 Å². The van der Waals surface area contributed by atoms with Crippen molar-refractivity contribution < 1.29 is 26.6 Å². The van der Waals surface area contributed by atoms with E-state index in [1.807, 2.05) is 0 Å². The average Bonchev–Trinajstić information content (AvgIpc) is 3.04. The van der Waals surface area contributed by atoms with E-state index in [4.69, 9.17) is 0 Å². The molecule has 0 bridgehead atoms. The Bertz CT molecular complexity index is 462. The molecule has 0 aromatic rings. The van der Waals surface area contributed by atoms with Gasteiger partial charge in [-0.15, -0.1) is 0 Å². The second kappa shape index (κ2) is 14.5. The van der Waals surface area contributed by atoms with Crippen LogP contribution in [-0.4, -0.2) is 30.1 Å². The molecule has 1 rings (SSSR count). The second-order valence-corrected chi connectivity index (χ2v) is 10.7. The van der Waals surface area contributed by atoms with Crippen LogP contribution in [0.5, 0.6) is 0 Å². The molecule has 0 N–H and O–H groups in total. The van der Waals surface area contributed by atoms with Gasteiger partial charge in [0.15, 0.2) is 0 Å². The number of halogens is 6. The van der Waals surface area contributed by atoms with Crippen molar-refractivity contribution in [1.82, 2.24) is 9.80 Å². The molecule has 0 unspecified atom stereocenters. The van der Waals surface area contributed by atoms with E-state index in [0.717, 1.165) is 6.67 Å². The van der Waals surface area contributed by atoms with Crippen LogP contribution in [0.25, 0.3) is 0 Å². The molecule has 0 radical (unpaired) electrons. The summed E-state index contributed by atoms with van der Waals surface area (Å²) in [4.78, 5) is 4.66. The first kappa shape index (κ1) is 30.4. The zero-order chi connectivity index (χ0) is 23.7. The zero-order valence-electron chi connectivity index (χ0n) is 20.5. The third-order valence-corrected chi connectivity index (χ3v) is 5.24. The summed E-state index contributed by atoms with van der Waals surface area (Å²) in [6, 6.07) is 0. The van der Waals surface area contributed by atoms with E-state index < -0.39 is 7.81 Å². The van der Waals surface area contributed by atoms with Gasteiger partial charge in [0.05, 0.1) is 6.67 Å². The Balaban J connectivity index is 0. The molecule has 0 spiro atoms. The van der Waals surface area contributed by atoms with Crippen LogP contribution in [0.15, 0.2) is 12.4 Å². The van der Waals surface area contributed by atoms with Gasteiger partial charge in [0.25, 0.3) is 0 Å². The van der Waals surface area contributed by atoms with Gasteiger partial charge in [-0.25, -0.2) is 0 Å². The summed E-state index contributed by atoms with van der Waals surface area (Å²) < 4.78 is 59.2. The largest absolute Gasteiger partial charge is 1.00 e. The van der Waals surface area contributed by atoms with Crippen molar-refractivity contribution in [3.63, 3.8) is 0 Å². The Labute approximate surface area is 187 Å². The predicted molar refractivity (Wildman–Crippen MR) is 123 cm³/mol. The number of rotatable bonds is 17. The van der Waals surface area contributed by atoms with Gasteiger partial charge in [-0.05, 0) is 6.42 Å². The van der Waals surface area contributed by atoms with Crippen LogP contribution in [0.2, 0.25) is 0 Å². The molecule has 0 amide bonds. The van der Waals surface area contributed by atoms with Gasteiger partial charge in [0.1, 0.15) is 0 Å². The molecule has 31 heavy (non-hydrogen) atoms. The maximum absolute atomic E-state index is 10.7. The molecular formula is C22H45F6N2P. The molecular weight excluding hydrogens is 437 g/mol. The number of nitrogens with zero attached hydrogens (tertiary/aromatic N) is 2. The molecule has 2 nitrogen and oxygen atoms in total. The Morgan fingerprint density at radius 3 is 1.23 bits per heavy atom. The van der Waals surface area contributed by atoms with E-state index in [-0.39, 0.29) is 1.43 Å². The van der Waals surface area contributed by atoms with Crippen molar-refractivity contribution in [1.29, 1.82) is 0 Å². The summed E-state index contributed by atoms with van der Waals surface area (Å²) in [5, 5.41) is 0. The summed E-state index contributed by atoms with van der Waals surface area (Å²) in [5.41, 5.74) is 0. The van der Waals surface area contributed by atoms with Gasteiger partial charge in [-0.2, -0.15) is 0 Å². The number of unbranched alkanes of at least 4 members (excludes halogenated alkanes) is 15. The molecule has 190 valence electrons. The molecule has 9 heteroatoms. The fourth-order valence-corrected chi connectivity index (χ4v) is 3.60. The van der Waals surface area contributed by atoms with Crippen LogP contribution in [-0.2, 0) is 0 Å². The Morgan fingerprint density at radius 2 is 0.935 bits per heavy atom. The minimum absolute atomic E-state index is 0. The van der Waals surface area contributed by atoms with E-state index in [0.29, 0.717) is 0 Å². The molecule has 0 aliphatic carbocycles. The first-order chi connectivity index (χ1) is 14.3. The molecule has 1 aliphatic heterocycles. The third kappa shape index (κ3) is 31.6. The van der Waals surface area contributed by atoms with Gasteiger partial charge in [-0.1, -0.05) is 103 Å². The van der Waals surface area contributed by atoms with E-state index in [1.54, 1.807) is 0 Å². The molecule has 1 heterocycles. The zero-order valence-corrected chi connectivity index (χ0v) is 20.4. The van der Waals surface area contributed by atoms with Crippen molar-refractivity contribution in [2.45, 2.75) is 110 Å². The van der Waals surface area contributed by atoms with Crippen LogP contribution < -0.4 is 0 Å². The third-order valence-electron chi connectivity index (χ3n) is 5.24. The van der Waals surface area contributed by atoms with Crippen LogP contribution in [0.1, 0.15) is 111 Å². The molecule has 0 aromatic heterocycles. The van der Waals surface area contributed by atoms with Crippen molar-refractivity contribution in [3.05, 3.63) is 12.4 Å². The molecule has 0 atom stereocenters. The minimum Gasteiger partial charge on any atom is 1.00 e. The monoisotopic (exact) mass is 482 g/mol. The van der Waals surface area contributed by atoms with Gasteiger partial charge in [-0.3, -0.25) is 0 Å². The summed E-state index contributed by atoms with van der Waals surface area (Å²) in [7, 11) is -8.51. The van der Waals surface area contributed by atoms with Gasteiger partial charge >= 0.3 is 34.4 Å². The maximum Gasteiger partial charge on any atom is 1.00 e. The summed E-state index contributed by atoms with van der Waals surface area (Å²) in [6.45, 7) is 4.61. The molecule has 0 fully saturated rings. The first-order valence-electron chi connectivity index (χ1n) is 12.0. The van der Waals surface area contributed by atoms with E-state index in [2.05, 4.69) is 36.2 Å². The summed E-state index contributed by atoms with van der Waals surface area (Å²) >= 11 is 0. The summed E-state index contributed by atoms with van der Waals surface area (Å²) in [6.07, 6.45) is 27.6. The SMILES string of the molecule is CCCCCCCCCCCCCCCCCCN1C=CN(C)C1.F[P-](F)(F)(F)(F)F.[H+]. The quantitative estimate of drug-likeness (QED) is 0.116. The standard InChI is InChI=1S/C22H44N2.F6P/c1-3-4-5-6-7-8-9-10-11-12-13-14-15-16-17-18-19-24-21-20-23(2)22-24;1-7(2,3,4,5)6/h20-21H,3-19,22H2,1-2H3;/q;-1/p+1. The predicted octanol–water partition coefficient (Wildman–Crippen LogP) is 10.4.